The number of ether oxygens (including phenoxy) is 2. The Morgan fingerprint density at radius 2 is 2.00 bits per heavy atom. The monoisotopic (exact) mass is 414 g/mol. The quantitative estimate of drug-likeness (QED) is 0.611. The lowest BCUT2D eigenvalue weighted by atomic mass is 10.1. The largest absolute Gasteiger partial charge is 0.497 e. The van der Waals surface area contributed by atoms with Gasteiger partial charge in [-0.25, -0.2) is 4.98 Å². The number of nitrogens with zero attached hydrogens (tertiary/aromatic N) is 6. The molecule has 154 valence electrons. The number of hydrogen-bond acceptors (Lipinski definition) is 8. The highest BCUT2D eigenvalue weighted by Gasteiger charge is 2.30. The van der Waals surface area contributed by atoms with Crippen molar-refractivity contribution in [2.24, 2.45) is 0 Å². The first kappa shape index (κ1) is 19.8. The van der Waals surface area contributed by atoms with Crippen molar-refractivity contribution in [2.75, 3.05) is 20.8 Å². The van der Waals surface area contributed by atoms with Crippen molar-refractivity contribution >= 4 is 11.5 Å². The molecular formula is C20H26N6O2S. The SMILES string of the molecule is COc1ccc(CN2CCn3c(-c4nc(C(C)C)ns4)nnc3[C@H]2C)c(OC)c1. The fraction of sp³-hybridized carbons (Fsp3) is 0.500. The Kier molecular flexibility index (Phi) is 5.51. The van der Waals surface area contributed by atoms with Crippen LogP contribution in [-0.4, -0.2) is 49.8 Å². The smallest absolute Gasteiger partial charge is 0.194 e. The molecule has 1 aliphatic rings. The highest BCUT2D eigenvalue weighted by atomic mass is 32.1. The molecule has 1 aromatic carbocycles. The van der Waals surface area contributed by atoms with Gasteiger partial charge in [0.25, 0.3) is 0 Å². The third kappa shape index (κ3) is 3.72. The van der Waals surface area contributed by atoms with Crippen LogP contribution in [0.2, 0.25) is 0 Å². The number of rotatable bonds is 6. The van der Waals surface area contributed by atoms with Gasteiger partial charge in [0.05, 0.1) is 20.3 Å². The minimum Gasteiger partial charge on any atom is -0.497 e. The van der Waals surface area contributed by atoms with Crippen molar-refractivity contribution < 1.29 is 9.47 Å². The first-order chi connectivity index (χ1) is 14.0. The van der Waals surface area contributed by atoms with E-state index in [4.69, 9.17) is 9.47 Å². The molecule has 0 saturated carbocycles. The summed E-state index contributed by atoms with van der Waals surface area (Å²) in [4.78, 5) is 7.04. The number of hydrogen-bond donors (Lipinski definition) is 0. The summed E-state index contributed by atoms with van der Waals surface area (Å²) < 4.78 is 17.5. The van der Waals surface area contributed by atoms with E-state index >= 15 is 0 Å². The molecule has 9 heteroatoms. The first-order valence-corrected chi connectivity index (χ1v) is 10.5. The van der Waals surface area contributed by atoms with Crippen LogP contribution in [0.3, 0.4) is 0 Å². The summed E-state index contributed by atoms with van der Waals surface area (Å²) in [6.45, 7) is 8.84. The predicted molar refractivity (Wildman–Crippen MR) is 111 cm³/mol. The summed E-state index contributed by atoms with van der Waals surface area (Å²) >= 11 is 1.40. The van der Waals surface area contributed by atoms with E-state index in [9.17, 15) is 0 Å². The molecule has 0 radical (unpaired) electrons. The van der Waals surface area contributed by atoms with Gasteiger partial charge in [0, 0.05) is 37.2 Å². The molecule has 0 N–H and O–H groups in total. The number of fused-ring (bicyclic) bond motifs is 1. The zero-order valence-electron chi connectivity index (χ0n) is 17.4. The van der Waals surface area contributed by atoms with Gasteiger partial charge in [0.15, 0.2) is 16.7 Å². The maximum Gasteiger partial charge on any atom is 0.194 e. The van der Waals surface area contributed by atoms with Crippen LogP contribution in [-0.2, 0) is 13.1 Å². The lowest BCUT2D eigenvalue weighted by molar-refractivity contribution is 0.155. The lowest BCUT2D eigenvalue weighted by Crippen LogP contribution is -2.36. The summed E-state index contributed by atoms with van der Waals surface area (Å²) in [6.07, 6.45) is 0. The molecule has 1 aliphatic heterocycles. The zero-order chi connectivity index (χ0) is 20.5. The molecule has 0 bridgehead atoms. The van der Waals surface area contributed by atoms with Crippen molar-refractivity contribution in [3.8, 4) is 22.3 Å². The Bertz CT molecular complexity index is 999. The van der Waals surface area contributed by atoms with Gasteiger partial charge < -0.3 is 14.0 Å². The average molecular weight is 415 g/mol. The summed E-state index contributed by atoms with van der Waals surface area (Å²) in [5.74, 6) is 4.56. The van der Waals surface area contributed by atoms with E-state index in [2.05, 4.69) is 55.9 Å². The highest BCUT2D eigenvalue weighted by molar-refractivity contribution is 7.09. The summed E-state index contributed by atoms with van der Waals surface area (Å²) in [6, 6.07) is 6.08. The topological polar surface area (TPSA) is 78.2 Å². The lowest BCUT2D eigenvalue weighted by Gasteiger charge is -2.33. The highest BCUT2D eigenvalue weighted by Crippen LogP contribution is 2.33. The Morgan fingerprint density at radius 1 is 1.17 bits per heavy atom. The zero-order valence-corrected chi connectivity index (χ0v) is 18.2. The Hall–Kier alpha value is -2.52. The van der Waals surface area contributed by atoms with Gasteiger partial charge in [-0.3, -0.25) is 4.90 Å². The maximum absolute atomic E-state index is 5.56. The van der Waals surface area contributed by atoms with E-state index in [0.717, 1.165) is 59.2 Å². The third-order valence-corrected chi connectivity index (χ3v) is 6.05. The second kappa shape index (κ2) is 8.08. The van der Waals surface area contributed by atoms with Crippen molar-refractivity contribution in [3.63, 3.8) is 0 Å². The number of aromatic nitrogens is 5. The molecule has 3 aromatic rings. The van der Waals surface area contributed by atoms with E-state index in [-0.39, 0.29) is 6.04 Å². The van der Waals surface area contributed by atoms with Gasteiger partial charge in [0.1, 0.15) is 17.3 Å². The van der Waals surface area contributed by atoms with Gasteiger partial charge in [-0.15, -0.1) is 10.2 Å². The molecule has 0 amide bonds. The fourth-order valence-corrected chi connectivity index (χ4v) is 4.36. The van der Waals surface area contributed by atoms with Crippen molar-refractivity contribution in [3.05, 3.63) is 35.4 Å². The Labute approximate surface area is 174 Å². The molecule has 3 heterocycles. The second-order valence-corrected chi connectivity index (χ2v) is 8.22. The maximum atomic E-state index is 5.56. The van der Waals surface area contributed by atoms with E-state index in [1.54, 1.807) is 14.2 Å². The van der Waals surface area contributed by atoms with Crippen LogP contribution >= 0.6 is 11.5 Å². The van der Waals surface area contributed by atoms with Gasteiger partial charge in [-0.2, -0.15) is 4.37 Å². The molecular weight excluding hydrogens is 388 g/mol. The molecule has 0 unspecified atom stereocenters. The van der Waals surface area contributed by atoms with Crippen LogP contribution in [0.25, 0.3) is 10.8 Å². The van der Waals surface area contributed by atoms with Gasteiger partial charge in [0.2, 0.25) is 0 Å². The van der Waals surface area contributed by atoms with Crippen LogP contribution in [0.15, 0.2) is 18.2 Å². The van der Waals surface area contributed by atoms with Crippen LogP contribution in [0, 0.1) is 0 Å². The number of methoxy groups -OCH3 is 2. The summed E-state index contributed by atoms with van der Waals surface area (Å²) in [5, 5.41) is 9.77. The van der Waals surface area contributed by atoms with Crippen LogP contribution in [0.5, 0.6) is 11.5 Å². The Balaban J connectivity index is 1.57. The standard InChI is InChI=1S/C20H26N6O2S/c1-12(2)17-21-20(29-24-17)19-23-22-18-13(3)25(8-9-26(18)19)11-14-6-7-15(27-4)10-16(14)28-5/h6-7,10,12-13H,8-9,11H2,1-5H3/t13-/m1/s1. The van der Waals surface area contributed by atoms with Gasteiger partial charge in [-0.1, -0.05) is 19.9 Å². The minimum atomic E-state index is 0.134. The molecule has 1 atom stereocenters. The van der Waals surface area contributed by atoms with Crippen LogP contribution < -0.4 is 9.47 Å². The van der Waals surface area contributed by atoms with Gasteiger partial charge in [-0.05, 0) is 24.5 Å². The summed E-state index contributed by atoms with van der Waals surface area (Å²) in [5.41, 5.74) is 1.12. The molecule has 0 saturated heterocycles. The molecule has 8 nitrogen and oxygen atoms in total. The summed E-state index contributed by atoms with van der Waals surface area (Å²) in [7, 11) is 3.35. The molecule has 0 fully saturated rings. The van der Waals surface area contributed by atoms with E-state index in [1.807, 2.05) is 12.1 Å². The third-order valence-electron chi connectivity index (χ3n) is 5.33. The molecule has 0 aliphatic carbocycles. The van der Waals surface area contributed by atoms with Gasteiger partial charge >= 0.3 is 0 Å². The molecule has 4 rings (SSSR count). The minimum absolute atomic E-state index is 0.134. The van der Waals surface area contributed by atoms with E-state index in [0.29, 0.717) is 5.92 Å². The average Bonchev–Trinajstić information content (AvgIpc) is 3.37. The first-order valence-electron chi connectivity index (χ1n) is 9.73. The van der Waals surface area contributed by atoms with E-state index in [1.165, 1.54) is 11.5 Å². The van der Waals surface area contributed by atoms with Crippen molar-refractivity contribution in [1.29, 1.82) is 0 Å². The second-order valence-electron chi connectivity index (χ2n) is 7.47. The van der Waals surface area contributed by atoms with E-state index < -0.39 is 0 Å². The molecule has 29 heavy (non-hydrogen) atoms. The Morgan fingerprint density at radius 3 is 2.69 bits per heavy atom. The fourth-order valence-electron chi connectivity index (χ4n) is 3.57. The normalized spacial score (nSPS) is 16.8. The van der Waals surface area contributed by atoms with Crippen LogP contribution in [0.1, 0.15) is 49.9 Å². The van der Waals surface area contributed by atoms with Crippen molar-refractivity contribution in [2.45, 2.75) is 45.8 Å². The number of benzene rings is 1. The van der Waals surface area contributed by atoms with Crippen molar-refractivity contribution in [1.82, 2.24) is 29.0 Å². The molecule has 2 aromatic heterocycles. The predicted octanol–water partition coefficient (Wildman–Crippen LogP) is 3.51. The van der Waals surface area contributed by atoms with Crippen LogP contribution in [0.4, 0.5) is 0 Å². The molecule has 0 spiro atoms.